The van der Waals surface area contributed by atoms with E-state index in [0.717, 1.165) is 89.9 Å². The molecule has 6 nitrogen and oxygen atoms in total. The third-order valence-electron chi connectivity index (χ3n) is 11.1. The number of esters is 3. The highest BCUT2D eigenvalue weighted by Gasteiger charge is 2.19. The van der Waals surface area contributed by atoms with E-state index >= 15 is 0 Å². The number of allylic oxidation sites excluding steroid dienone is 14. The molecule has 0 amide bonds. The third-order valence-corrected chi connectivity index (χ3v) is 11.1. The van der Waals surface area contributed by atoms with Gasteiger partial charge in [0, 0.05) is 19.3 Å². The Hall–Kier alpha value is -3.41. The lowest BCUT2D eigenvalue weighted by atomic mass is 10.0. The van der Waals surface area contributed by atoms with Crippen LogP contribution in [0, 0.1) is 0 Å². The lowest BCUT2D eigenvalue weighted by Gasteiger charge is -2.18. The second-order valence-electron chi connectivity index (χ2n) is 17.4. The van der Waals surface area contributed by atoms with Gasteiger partial charge in [0.05, 0.1) is 0 Å². The smallest absolute Gasteiger partial charge is 0.306 e. The second-order valence-corrected chi connectivity index (χ2v) is 17.4. The standard InChI is InChI=1S/C58H98O6/c1-4-7-10-13-16-19-22-25-27-28-29-30-31-34-36-39-42-45-48-51-57(60)63-54-55(53-62-56(59)50-47-44-41-38-35-32-24-21-18-15-12-9-6-3)64-58(61)52-49-46-43-40-37-33-26-23-20-17-14-11-8-5-2/h7,10,16,19,25,27,29-30,32,34-36,42,45,55H,4-6,8-9,11-15,17-18,20-24,26,28,31,33,37-41,43-44,46-54H2,1-3H3/b10-7-,19-16-,27-25-,30-29-,35-32-,36-34-,45-42-. The summed E-state index contributed by atoms with van der Waals surface area (Å²) in [6, 6.07) is 0. The number of ether oxygens (including phenoxy) is 3. The Morgan fingerprint density at radius 3 is 1.06 bits per heavy atom. The van der Waals surface area contributed by atoms with Gasteiger partial charge < -0.3 is 14.2 Å². The third kappa shape index (κ3) is 49.6. The van der Waals surface area contributed by atoms with Crippen LogP contribution in [0.2, 0.25) is 0 Å². The van der Waals surface area contributed by atoms with Gasteiger partial charge in [-0.25, -0.2) is 0 Å². The quantitative estimate of drug-likeness (QED) is 0.0262. The summed E-state index contributed by atoms with van der Waals surface area (Å²) in [5.41, 5.74) is 0. The van der Waals surface area contributed by atoms with Crippen LogP contribution in [0.15, 0.2) is 85.1 Å². The molecule has 64 heavy (non-hydrogen) atoms. The molecule has 0 saturated heterocycles. The molecule has 0 aromatic heterocycles. The van der Waals surface area contributed by atoms with Crippen LogP contribution in [0.3, 0.4) is 0 Å². The van der Waals surface area contributed by atoms with Crippen molar-refractivity contribution in [3.8, 4) is 0 Å². The first-order valence-corrected chi connectivity index (χ1v) is 26.6. The molecule has 366 valence electrons. The second kappa shape index (κ2) is 52.2. The fourth-order valence-corrected chi connectivity index (χ4v) is 7.17. The number of unbranched alkanes of at least 4 members (excludes halogenated alkanes) is 22. The van der Waals surface area contributed by atoms with Gasteiger partial charge in [-0.2, -0.15) is 0 Å². The average molecular weight is 891 g/mol. The molecule has 0 rings (SSSR count). The minimum atomic E-state index is -0.810. The molecule has 0 spiro atoms. The number of carbonyl (C=O) groups excluding carboxylic acids is 3. The Morgan fingerprint density at radius 1 is 0.328 bits per heavy atom. The van der Waals surface area contributed by atoms with Gasteiger partial charge in [-0.3, -0.25) is 14.4 Å². The summed E-state index contributed by atoms with van der Waals surface area (Å²) < 4.78 is 16.7. The lowest BCUT2D eigenvalue weighted by molar-refractivity contribution is -0.166. The fraction of sp³-hybridized carbons (Fsp3) is 0.707. The Balaban J connectivity index is 4.50. The van der Waals surface area contributed by atoms with E-state index in [1.807, 2.05) is 6.08 Å². The maximum atomic E-state index is 12.8. The van der Waals surface area contributed by atoms with E-state index in [-0.39, 0.29) is 37.5 Å². The zero-order chi connectivity index (χ0) is 46.5. The van der Waals surface area contributed by atoms with Gasteiger partial charge >= 0.3 is 17.9 Å². The summed E-state index contributed by atoms with van der Waals surface area (Å²) in [7, 11) is 0. The maximum Gasteiger partial charge on any atom is 0.306 e. The molecular weight excluding hydrogens is 793 g/mol. The first kappa shape index (κ1) is 60.6. The predicted molar refractivity (Wildman–Crippen MR) is 274 cm³/mol. The van der Waals surface area contributed by atoms with Crippen molar-refractivity contribution in [1.82, 2.24) is 0 Å². The van der Waals surface area contributed by atoms with Gasteiger partial charge in [-0.1, -0.05) is 228 Å². The minimum Gasteiger partial charge on any atom is -0.462 e. The van der Waals surface area contributed by atoms with E-state index < -0.39 is 6.10 Å². The van der Waals surface area contributed by atoms with Gasteiger partial charge in [0.15, 0.2) is 6.10 Å². The fourth-order valence-electron chi connectivity index (χ4n) is 7.17. The van der Waals surface area contributed by atoms with Crippen molar-refractivity contribution in [2.75, 3.05) is 13.2 Å². The summed E-state index contributed by atoms with van der Waals surface area (Å²) in [5.74, 6) is -1.01. The van der Waals surface area contributed by atoms with Crippen molar-refractivity contribution < 1.29 is 28.6 Å². The van der Waals surface area contributed by atoms with Crippen molar-refractivity contribution in [3.05, 3.63) is 85.1 Å². The molecule has 0 saturated carbocycles. The van der Waals surface area contributed by atoms with Crippen molar-refractivity contribution in [2.45, 2.75) is 252 Å². The van der Waals surface area contributed by atoms with Crippen LogP contribution in [-0.2, 0) is 28.6 Å². The molecule has 6 heteroatoms. The normalized spacial score (nSPS) is 12.7. The molecule has 0 bridgehead atoms. The van der Waals surface area contributed by atoms with Crippen LogP contribution < -0.4 is 0 Å². The molecule has 0 radical (unpaired) electrons. The summed E-state index contributed by atoms with van der Waals surface area (Å²) in [6.07, 6.45) is 67.2. The van der Waals surface area contributed by atoms with Gasteiger partial charge in [0.25, 0.3) is 0 Å². The average Bonchev–Trinajstić information content (AvgIpc) is 3.29. The van der Waals surface area contributed by atoms with E-state index in [9.17, 15) is 14.4 Å². The molecule has 1 atom stereocenters. The molecule has 0 N–H and O–H groups in total. The van der Waals surface area contributed by atoms with Crippen molar-refractivity contribution in [3.63, 3.8) is 0 Å². The van der Waals surface area contributed by atoms with Crippen LogP contribution in [0.4, 0.5) is 0 Å². The first-order chi connectivity index (χ1) is 31.5. The number of rotatable bonds is 47. The predicted octanol–water partition coefficient (Wildman–Crippen LogP) is 17.6. The van der Waals surface area contributed by atoms with Crippen LogP contribution in [-0.4, -0.2) is 37.2 Å². The van der Waals surface area contributed by atoms with E-state index in [2.05, 4.69) is 99.8 Å². The van der Waals surface area contributed by atoms with Crippen LogP contribution >= 0.6 is 0 Å². The van der Waals surface area contributed by atoms with Gasteiger partial charge in [0.2, 0.25) is 0 Å². The van der Waals surface area contributed by atoms with E-state index in [4.69, 9.17) is 14.2 Å². The van der Waals surface area contributed by atoms with Gasteiger partial charge in [0.1, 0.15) is 13.2 Å². The number of carbonyl (C=O) groups is 3. The maximum absolute atomic E-state index is 12.8. The lowest BCUT2D eigenvalue weighted by Crippen LogP contribution is -2.30. The molecular formula is C58H98O6. The monoisotopic (exact) mass is 891 g/mol. The molecule has 0 aromatic carbocycles. The van der Waals surface area contributed by atoms with Gasteiger partial charge in [-0.05, 0) is 83.5 Å². The highest BCUT2D eigenvalue weighted by atomic mass is 16.6. The number of hydrogen-bond acceptors (Lipinski definition) is 6. The summed E-state index contributed by atoms with van der Waals surface area (Å²) >= 11 is 0. The highest BCUT2D eigenvalue weighted by molar-refractivity contribution is 5.71. The van der Waals surface area contributed by atoms with Crippen LogP contribution in [0.1, 0.15) is 245 Å². The zero-order valence-electron chi connectivity index (χ0n) is 41.8. The van der Waals surface area contributed by atoms with Crippen molar-refractivity contribution in [2.24, 2.45) is 0 Å². The molecule has 0 aliphatic carbocycles. The molecule has 0 heterocycles. The SMILES string of the molecule is CC/C=C\C/C=C\C/C=C\C/C=C\C/C=C\C/C=C\CCC(=O)OCC(COC(=O)CCCCC/C=C\CCCCCCCC)OC(=O)CCCCCCCCCCCCCCCC. The first-order valence-electron chi connectivity index (χ1n) is 26.6. The minimum absolute atomic E-state index is 0.106. The molecule has 0 aliphatic heterocycles. The van der Waals surface area contributed by atoms with E-state index in [1.54, 1.807) is 0 Å². The van der Waals surface area contributed by atoms with Crippen molar-refractivity contribution >= 4 is 17.9 Å². The highest BCUT2D eigenvalue weighted by Crippen LogP contribution is 2.15. The molecule has 0 fully saturated rings. The van der Waals surface area contributed by atoms with Crippen molar-refractivity contribution in [1.29, 1.82) is 0 Å². The van der Waals surface area contributed by atoms with Crippen LogP contribution in [0.25, 0.3) is 0 Å². The Labute approximate surface area is 395 Å². The van der Waals surface area contributed by atoms with Gasteiger partial charge in [-0.15, -0.1) is 0 Å². The molecule has 0 aliphatic rings. The topological polar surface area (TPSA) is 78.9 Å². The summed E-state index contributed by atoms with van der Waals surface area (Å²) in [6.45, 7) is 6.44. The van der Waals surface area contributed by atoms with E-state index in [1.165, 1.54) is 109 Å². The van der Waals surface area contributed by atoms with Crippen LogP contribution in [0.5, 0.6) is 0 Å². The Morgan fingerprint density at radius 2 is 0.641 bits per heavy atom. The summed E-state index contributed by atoms with van der Waals surface area (Å²) in [4.78, 5) is 38.0. The summed E-state index contributed by atoms with van der Waals surface area (Å²) in [5, 5.41) is 0. The van der Waals surface area contributed by atoms with E-state index in [0.29, 0.717) is 19.3 Å². The molecule has 0 aromatic rings. The largest absolute Gasteiger partial charge is 0.462 e. The zero-order valence-corrected chi connectivity index (χ0v) is 41.8. The Bertz CT molecular complexity index is 1250. The Kier molecular flexibility index (Phi) is 49.4. The molecule has 1 unspecified atom stereocenters. The number of hydrogen-bond donors (Lipinski definition) is 0.